The molecule has 0 amide bonds. The summed E-state index contributed by atoms with van der Waals surface area (Å²) in [6, 6.07) is 0. The van der Waals surface area contributed by atoms with Crippen molar-refractivity contribution in [3.05, 3.63) is 24.8 Å². The molecular formula is C11H20. The lowest BCUT2D eigenvalue weighted by molar-refractivity contribution is 0.674. The monoisotopic (exact) mass is 152 g/mol. The van der Waals surface area contributed by atoms with E-state index in [4.69, 9.17) is 0 Å². The smallest absolute Gasteiger partial charge is 0.0172 e. The Morgan fingerprint density at radius 2 is 1.91 bits per heavy atom. The Kier molecular flexibility index (Phi) is 9.03. The predicted octanol–water partition coefficient (Wildman–Crippen LogP) is 4.09. The summed E-state index contributed by atoms with van der Waals surface area (Å²) in [5.41, 5.74) is 0. The topological polar surface area (TPSA) is 0 Å². The van der Waals surface area contributed by atoms with Crippen molar-refractivity contribution in [2.75, 3.05) is 0 Å². The second kappa shape index (κ2) is 9.48. The maximum Gasteiger partial charge on any atom is -0.0172 e. The molecule has 0 nitrogen and oxygen atoms in total. The van der Waals surface area contributed by atoms with Crippen molar-refractivity contribution in [1.29, 1.82) is 0 Å². The molecule has 0 N–H and O–H groups in total. The Bertz CT molecular complexity index is 101. The molecule has 0 rings (SSSR count). The van der Waals surface area contributed by atoms with Crippen molar-refractivity contribution in [3.8, 4) is 0 Å². The van der Waals surface area contributed by atoms with Gasteiger partial charge in [0, 0.05) is 0 Å². The fourth-order valence-electron chi connectivity index (χ4n) is 0.999. The maximum atomic E-state index is 3.66. The quantitative estimate of drug-likeness (QED) is 0.381. The molecule has 0 aliphatic heterocycles. The van der Waals surface area contributed by atoms with Crippen molar-refractivity contribution in [2.24, 2.45) is 0 Å². The van der Waals surface area contributed by atoms with Crippen molar-refractivity contribution in [2.45, 2.75) is 45.4 Å². The molecule has 0 aliphatic rings. The SMILES string of the molecule is C=CC/C=C\CCCCCC. The molecule has 0 saturated heterocycles. The summed E-state index contributed by atoms with van der Waals surface area (Å²) >= 11 is 0. The zero-order chi connectivity index (χ0) is 8.36. The van der Waals surface area contributed by atoms with Crippen LogP contribution in [0.25, 0.3) is 0 Å². The van der Waals surface area contributed by atoms with Gasteiger partial charge in [0.1, 0.15) is 0 Å². The van der Waals surface area contributed by atoms with E-state index < -0.39 is 0 Å². The molecule has 0 radical (unpaired) electrons. The molecule has 0 heterocycles. The van der Waals surface area contributed by atoms with Gasteiger partial charge in [0.25, 0.3) is 0 Å². The fraction of sp³-hybridized carbons (Fsp3) is 0.636. The van der Waals surface area contributed by atoms with Gasteiger partial charge in [-0.1, -0.05) is 44.4 Å². The Hall–Kier alpha value is -0.520. The van der Waals surface area contributed by atoms with Gasteiger partial charge in [0.2, 0.25) is 0 Å². The number of allylic oxidation sites excluding steroid dienone is 3. The van der Waals surface area contributed by atoms with Gasteiger partial charge in [0.15, 0.2) is 0 Å². The third-order valence-electron chi connectivity index (χ3n) is 1.69. The van der Waals surface area contributed by atoms with Crippen LogP contribution in [0.15, 0.2) is 24.8 Å². The van der Waals surface area contributed by atoms with Gasteiger partial charge in [0.05, 0.1) is 0 Å². The van der Waals surface area contributed by atoms with E-state index in [0.29, 0.717) is 0 Å². The van der Waals surface area contributed by atoms with E-state index in [1.165, 1.54) is 32.1 Å². The Morgan fingerprint density at radius 3 is 2.55 bits per heavy atom. The average molecular weight is 152 g/mol. The summed E-state index contributed by atoms with van der Waals surface area (Å²) in [5, 5.41) is 0. The van der Waals surface area contributed by atoms with Gasteiger partial charge in [-0.3, -0.25) is 0 Å². The summed E-state index contributed by atoms with van der Waals surface area (Å²) in [5.74, 6) is 0. The normalized spacial score (nSPS) is 10.6. The van der Waals surface area contributed by atoms with Crippen LogP contribution in [0.3, 0.4) is 0 Å². The minimum Gasteiger partial charge on any atom is -0.103 e. The highest BCUT2D eigenvalue weighted by molar-refractivity contribution is 4.87. The molecule has 0 spiro atoms. The van der Waals surface area contributed by atoms with Crippen LogP contribution in [0.2, 0.25) is 0 Å². The van der Waals surface area contributed by atoms with Gasteiger partial charge in [-0.2, -0.15) is 0 Å². The first-order chi connectivity index (χ1) is 5.41. The molecule has 0 aromatic rings. The number of rotatable bonds is 7. The zero-order valence-electron chi connectivity index (χ0n) is 7.68. The maximum absolute atomic E-state index is 3.66. The van der Waals surface area contributed by atoms with Crippen LogP contribution >= 0.6 is 0 Å². The van der Waals surface area contributed by atoms with Crippen molar-refractivity contribution >= 4 is 0 Å². The first-order valence-corrected chi connectivity index (χ1v) is 4.67. The second-order valence-electron chi connectivity index (χ2n) is 2.85. The van der Waals surface area contributed by atoms with Crippen molar-refractivity contribution in [1.82, 2.24) is 0 Å². The van der Waals surface area contributed by atoms with Crippen LogP contribution in [0.1, 0.15) is 45.4 Å². The molecule has 0 heteroatoms. The molecule has 0 atom stereocenters. The first kappa shape index (κ1) is 10.5. The lowest BCUT2D eigenvalue weighted by Crippen LogP contribution is -1.73. The van der Waals surface area contributed by atoms with Gasteiger partial charge < -0.3 is 0 Å². The third kappa shape index (κ3) is 9.48. The lowest BCUT2D eigenvalue weighted by Gasteiger charge is -1.93. The molecular weight excluding hydrogens is 132 g/mol. The number of hydrogen-bond donors (Lipinski definition) is 0. The van der Waals surface area contributed by atoms with Crippen LogP contribution in [-0.2, 0) is 0 Å². The van der Waals surface area contributed by atoms with E-state index in [1.54, 1.807) is 0 Å². The molecule has 0 saturated carbocycles. The van der Waals surface area contributed by atoms with E-state index in [-0.39, 0.29) is 0 Å². The van der Waals surface area contributed by atoms with Gasteiger partial charge in [-0.05, 0) is 19.3 Å². The van der Waals surface area contributed by atoms with Crippen molar-refractivity contribution in [3.63, 3.8) is 0 Å². The molecule has 0 aromatic carbocycles. The highest BCUT2D eigenvalue weighted by Crippen LogP contribution is 2.02. The minimum atomic E-state index is 1.02. The Balaban J connectivity index is 2.94. The van der Waals surface area contributed by atoms with Gasteiger partial charge in [-0.25, -0.2) is 0 Å². The molecule has 0 aliphatic carbocycles. The average Bonchev–Trinajstić information content (AvgIpc) is 2.03. The summed E-state index contributed by atoms with van der Waals surface area (Å²) < 4.78 is 0. The molecule has 0 unspecified atom stereocenters. The molecule has 11 heavy (non-hydrogen) atoms. The van der Waals surface area contributed by atoms with E-state index in [1.807, 2.05) is 6.08 Å². The molecule has 0 fully saturated rings. The Morgan fingerprint density at radius 1 is 1.09 bits per heavy atom. The third-order valence-corrected chi connectivity index (χ3v) is 1.69. The van der Waals surface area contributed by atoms with E-state index in [2.05, 4.69) is 25.7 Å². The van der Waals surface area contributed by atoms with Gasteiger partial charge in [-0.15, -0.1) is 6.58 Å². The summed E-state index contributed by atoms with van der Waals surface area (Å²) in [6.45, 7) is 5.90. The van der Waals surface area contributed by atoms with E-state index >= 15 is 0 Å². The second-order valence-corrected chi connectivity index (χ2v) is 2.85. The van der Waals surface area contributed by atoms with Crippen LogP contribution < -0.4 is 0 Å². The van der Waals surface area contributed by atoms with Crippen LogP contribution in [0.4, 0.5) is 0 Å². The largest absolute Gasteiger partial charge is 0.103 e. The Labute approximate surface area is 71.0 Å². The standard InChI is InChI=1S/C11H20/c1-3-5-7-9-11-10-8-6-4-2/h3,7,9H,1,4-6,8,10-11H2,2H3/b9-7-. The molecule has 64 valence electrons. The number of hydrogen-bond acceptors (Lipinski definition) is 0. The minimum absolute atomic E-state index is 1.02. The highest BCUT2D eigenvalue weighted by Gasteiger charge is 1.83. The van der Waals surface area contributed by atoms with Crippen LogP contribution in [0, 0.1) is 0 Å². The molecule has 0 aromatic heterocycles. The van der Waals surface area contributed by atoms with E-state index in [9.17, 15) is 0 Å². The predicted molar refractivity (Wildman–Crippen MR) is 52.7 cm³/mol. The highest BCUT2D eigenvalue weighted by atomic mass is 13.9. The van der Waals surface area contributed by atoms with Crippen LogP contribution in [-0.4, -0.2) is 0 Å². The van der Waals surface area contributed by atoms with Crippen molar-refractivity contribution < 1.29 is 0 Å². The zero-order valence-corrected chi connectivity index (χ0v) is 7.68. The number of unbranched alkanes of at least 4 members (excludes halogenated alkanes) is 4. The molecule has 0 bridgehead atoms. The van der Waals surface area contributed by atoms with Gasteiger partial charge >= 0.3 is 0 Å². The lowest BCUT2D eigenvalue weighted by atomic mass is 10.1. The fourth-order valence-corrected chi connectivity index (χ4v) is 0.999. The van der Waals surface area contributed by atoms with E-state index in [0.717, 1.165) is 6.42 Å². The summed E-state index contributed by atoms with van der Waals surface area (Å²) in [6.07, 6.45) is 14.1. The van der Waals surface area contributed by atoms with Crippen LogP contribution in [0.5, 0.6) is 0 Å². The first-order valence-electron chi connectivity index (χ1n) is 4.67. The summed E-state index contributed by atoms with van der Waals surface area (Å²) in [7, 11) is 0. The summed E-state index contributed by atoms with van der Waals surface area (Å²) in [4.78, 5) is 0.